The van der Waals surface area contributed by atoms with E-state index in [4.69, 9.17) is 0 Å². The van der Waals surface area contributed by atoms with Crippen molar-refractivity contribution in [2.45, 2.75) is 32.6 Å². The summed E-state index contributed by atoms with van der Waals surface area (Å²) in [5, 5.41) is 4.66. The number of hydrogen-bond acceptors (Lipinski definition) is 2. The van der Waals surface area contributed by atoms with Gasteiger partial charge in [0.25, 0.3) is 0 Å². The first kappa shape index (κ1) is 16.2. The molecule has 0 bridgehead atoms. The number of aryl methyl sites for hydroxylation is 1. The molecular weight excluding hydrogens is 296 g/mol. The highest BCUT2D eigenvalue weighted by molar-refractivity contribution is 5.63. The highest BCUT2D eigenvalue weighted by Gasteiger charge is 2.14. The maximum Gasteiger partial charge on any atom is 0.127 e. The number of nitrogens with zero attached hydrogens (tertiary/aromatic N) is 2. The second-order valence-corrected chi connectivity index (χ2v) is 6.29. The molecule has 122 valence electrons. The number of hydrogen-bond donors (Lipinski definition) is 0. The first-order valence-electron chi connectivity index (χ1n) is 8.26. The molecule has 1 unspecified atom stereocenters. The zero-order valence-electron chi connectivity index (χ0n) is 14.1. The standard InChI is InChI=1S/C21H22N2O/c1-16-5-4-8-21(10-9-16)23-12-11-20(22-23)14-19(15-24)18-7-3-6-17(2)13-18/h3-7,9-13,15,19H,8,14H2,1-2H3. The predicted octanol–water partition coefficient (Wildman–Crippen LogP) is 4.46. The smallest absolute Gasteiger partial charge is 0.127 e. The van der Waals surface area contributed by atoms with Gasteiger partial charge in [-0.25, -0.2) is 4.68 Å². The fourth-order valence-electron chi connectivity index (χ4n) is 2.89. The number of allylic oxidation sites excluding steroid dienone is 6. The van der Waals surface area contributed by atoms with E-state index in [1.807, 2.05) is 42.1 Å². The van der Waals surface area contributed by atoms with Gasteiger partial charge in [-0.2, -0.15) is 5.10 Å². The number of aromatic nitrogens is 2. The van der Waals surface area contributed by atoms with Crippen LogP contribution in [0.1, 0.15) is 36.1 Å². The molecule has 1 aromatic heterocycles. The van der Waals surface area contributed by atoms with Gasteiger partial charge in [0.05, 0.1) is 5.69 Å². The molecule has 0 aliphatic heterocycles. The molecule has 3 heteroatoms. The van der Waals surface area contributed by atoms with Crippen molar-refractivity contribution in [2.75, 3.05) is 0 Å². The summed E-state index contributed by atoms with van der Waals surface area (Å²) in [6.07, 6.45) is 12.9. The summed E-state index contributed by atoms with van der Waals surface area (Å²) >= 11 is 0. The van der Waals surface area contributed by atoms with E-state index in [-0.39, 0.29) is 5.92 Å². The fourth-order valence-corrected chi connectivity index (χ4v) is 2.89. The first-order chi connectivity index (χ1) is 11.7. The predicted molar refractivity (Wildman–Crippen MR) is 97.7 cm³/mol. The van der Waals surface area contributed by atoms with Crippen molar-refractivity contribution in [3.8, 4) is 0 Å². The minimum atomic E-state index is -0.154. The highest BCUT2D eigenvalue weighted by Crippen LogP contribution is 2.21. The number of aldehydes is 1. The Morgan fingerprint density at radius 1 is 1.25 bits per heavy atom. The molecule has 0 saturated carbocycles. The second kappa shape index (κ2) is 7.26. The number of benzene rings is 1. The summed E-state index contributed by atoms with van der Waals surface area (Å²) in [7, 11) is 0. The van der Waals surface area contributed by atoms with Crippen molar-refractivity contribution >= 4 is 12.0 Å². The molecule has 1 aromatic carbocycles. The van der Waals surface area contributed by atoms with Crippen molar-refractivity contribution < 1.29 is 4.79 Å². The van der Waals surface area contributed by atoms with Crippen LogP contribution in [0.2, 0.25) is 0 Å². The van der Waals surface area contributed by atoms with Crippen LogP contribution in [-0.2, 0) is 11.2 Å². The minimum absolute atomic E-state index is 0.154. The summed E-state index contributed by atoms with van der Waals surface area (Å²) in [5.74, 6) is -0.154. The molecule has 0 N–H and O–H groups in total. The summed E-state index contributed by atoms with van der Waals surface area (Å²) in [5.41, 5.74) is 5.52. The van der Waals surface area contributed by atoms with E-state index in [0.29, 0.717) is 6.42 Å². The van der Waals surface area contributed by atoms with Crippen LogP contribution in [0.4, 0.5) is 0 Å². The van der Waals surface area contributed by atoms with E-state index in [9.17, 15) is 4.79 Å². The molecule has 24 heavy (non-hydrogen) atoms. The van der Waals surface area contributed by atoms with Gasteiger partial charge in [-0.1, -0.05) is 53.6 Å². The van der Waals surface area contributed by atoms with Gasteiger partial charge >= 0.3 is 0 Å². The Balaban J connectivity index is 1.78. The first-order valence-corrected chi connectivity index (χ1v) is 8.26. The molecule has 1 aliphatic rings. The molecular formula is C21H22N2O. The quantitative estimate of drug-likeness (QED) is 0.763. The van der Waals surface area contributed by atoms with Crippen molar-refractivity contribution in [3.05, 3.63) is 83.2 Å². The lowest BCUT2D eigenvalue weighted by atomic mass is 9.94. The Labute approximate surface area is 143 Å². The van der Waals surface area contributed by atoms with Crippen LogP contribution >= 0.6 is 0 Å². The third-order valence-electron chi connectivity index (χ3n) is 4.25. The van der Waals surface area contributed by atoms with Crippen molar-refractivity contribution in [1.29, 1.82) is 0 Å². The van der Waals surface area contributed by atoms with Crippen LogP contribution in [-0.4, -0.2) is 16.1 Å². The van der Waals surface area contributed by atoms with Crippen LogP contribution < -0.4 is 0 Å². The maximum atomic E-state index is 11.5. The number of carbonyl (C=O) groups excluding carboxylic acids is 1. The van der Waals surface area contributed by atoms with Gasteiger partial charge in [0, 0.05) is 30.7 Å². The topological polar surface area (TPSA) is 34.9 Å². The van der Waals surface area contributed by atoms with Crippen LogP contribution in [0.25, 0.3) is 5.70 Å². The Kier molecular flexibility index (Phi) is 4.90. The van der Waals surface area contributed by atoms with Gasteiger partial charge in [-0.05, 0) is 31.6 Å². The Morgan fingerprint density at radius 3 is 2.92 bits per heavy atom. The van der Waals surface area contributed by atoms with E-state index < -0.39 is 0 Å². The van der Waals surface area contributed by atoms with Crippen molar-refractivity contribution in [2.24, 2.45) is 0 Å². The number of rotatable bonds is 5. The van der Waals surface area contributed by atoms with Crippen LogP contribution in [0.5, 0.6) is 0 Å². The van der Waals surface area contributed by atoms with E-state index in [1.54, 1.807) is 0 Å². The van der Waals surface area contributed by atoms with E-state index in [0.717, 1.165) is 29.7 Å². The van der Waals surface area contributed by atoms with Crippen molar-refractivity contribution in [3.63, 3.8) is 0 Å². The molecule has 0 fully saturated rings. The molecule has 1 heterocycles. The van der Waals surface area contributed by atoms with Gasteiger partial charge < -0.3 is 4.79 Å². The minimum Gasteiger partial charge on any atom is -0.303 e. The van der Waals surface area contributed by atoms with Crippen molar-refractivity contribution in [1.82, 2.24) is 9.78 Å². The molecule has 1 atom stereocenters. The molecule has 1 aliphatic carbocycles. The van der Waals surface area contributed by atoms with E-state index in [1.165, 1.54) is 11.1 Å². The average Bonchev–Trinajstić information content (AvgIpc) is 2.93. The number of carbonyl (C=O) groups is 1. The molecule has 0 saturated heterocycles. The van der Waals surface area contributed by atoms with E-state index >= 15 is 0 Å². The van der Waals surface area contributed by atoms with Crippen LogP contribution in [0.3, 0.4) is 0 Å². The monoisotopic (exact) mass is 318 g/mol. The fraction of sp³-hybridized carbons (Fsp3) is 0.238. The van der Waals surface area contributed by atoms with E-state index in [2.05, 4.69) is 42.4 Å². The molecule has 0 radical (unpaired) electrons. The molecule has 2 aromatic rings. The SMILES string of the molecule is CC1=CC=C(n2ccc(CC(C=O)c3cccc(C)c3)n2)CC=C1. The second-order valence-electron chi connectivity index (χ2n) is 6.29. The van der Waals surface area contributed by atoms with Gasteiger partial charge in [-0.15, -0.1) is 0 Å². The summed E-state index contributed by atoms with van der Waals surface area (Å²) in [6, 6.07) is 10.1. The Bertz CT molecular complexity index is 824. The summed E-state index contributed by atoms with van der Waals surface area (Å²) < 4.78 is 1.91. The van der Waals surface area contributed by atoms with Crippen LogP contribution in [0, 0.1) is 6.92 Å². The zero-order chi connectivity index (χ0) is 16.9. The third-order valence-corrected chi connectivity index (χ3v) is 4.25. The van der Waals surface area contributed by atoms with Gasteiger partial charge in [0.15, 0.2) is 0 Å². The largest absolute Gasteiger partial charge is 0.303 e. The lowest BCUT2D eigenvalue weighted by molar-refractivity contribution is -0.109. The van der Waals surface area contributed by atoms with Gasteiger partial charge in [-0.3, -0.25) is 0 Å². The molecule has 0 spiro atoms. The third kappa shape index (κ3) is 3.80. The molecule has 3 nitrogen and oxygen atoms in total. The maximum absolute atomic E-state index is 11.5. The summed E-state index contributed by atoms with van der Waals surface area (Å²) in [6.45, 7) is 4.13. The Morgan fingerprint density at radius 2 is 2.12 bits per heavy atom. The average molecular weight is 318 g/mol. The molecule has 0 amide bonds. The van der Waals surface area contributed by atoms with Gasteiger partial charge in [0.2, 0.25) is 0 Å². The lowest BCUT2D eigenvalue weighted by Crippen LogP contribution is -2.06. The highest BCUT2D eigenvalue weighted by atomic mass is 16.1. The summed E-state index contributed by atoms with van der Waals surface area (Å²) in [4.78, 5) is 11.5. The Hall–Kier alpha value is -2.68. The normalized spacial score (nSPS) is 15.4. The van der Waals surface area contributed by atoms with Crippen LogP contribution in [0.15, 0.2) is 66.4 Å². The molecule has 3 rings (SSSR count). The zero-order valence-corrected chi connectivity index (χ0v) is 14.1. The van der Waals surface area contributed by atoms with Gasteiger partial charge in [0.1, 0.15) is 6.29 Å². The lowest BCUT2D eigenvalue weighted by Gasteiger charge is -2.10.